The molecular formula is C22H20BrNO5S. The summed E-state index contributed by atoms with van der Waals surface area (Å²) in [5.74, 6) is -0.544. The number of nitrogens with one attached hydrogen (secondary N) is 1. The summed E-state index contributed by atoms with van der Waals surface area (Å²) < 4.78 is 11.3. The van der Waals surface area contributed by atoms with E-state index in [9.17, 15) is 14.4 Å². The molecule has 3 aromatic rings. The van der Waals surface area contributed by atoms with E-state index in [-0.39, 0.29) is 12.2 Å². The van der Waals surface area contributed by atoms with Crippen molar-refractivity contribution in [2.24, 2.45) is 5.92 Å². The summed E-state index contributed by atoms with van der Waals surface area (Å²) in [5, 5.41) is 3.81. The van der Waals surface area contributed by atoms with Gasteiger partial charge in [0, 0.05) is 14.7 Å². The second-order valence-electron chi connectivity index (χ2n) is 7.36. The van der Waals surface area contributed by atoms with Gasteiger partial charge in [0.25, 0.3) is 5.91 Å². The fraction of sp³-hybridized carbons (Fsp3) is 0.318. The van der Waals surface area contributed by atoms with E-state index in [4.69, 9.17) is 9.15 Å². The van der Waals surface area contributed by atoms with Gasteiger partial charge >= 0.3 is 11.6 Å². The standard InChI is InChI=1S/C22H20BrNO5S/c1-3-28-22(27)18-14-6-4-11(2)8-17(14)30-20(18)24-19(25)15-10-12-9-13(23)5-7-16(12)29-21(15)26/h5,7,9-11H,3-4,6,8H2,1-2H3,(H,24,25)/t11-/m1/s1. The van der Waals surface area contributed by atoms with Crippen LogP contribution in [-0.4, -0.2) is 18.5 Å². The molecule has 1 aliphatic rings. The molecule has 30 heavy (non-hydrogen) atoms. The zero-order chi connectivity index (χ0) is 21.4. The Labute approximate surface area is 185 Å². The minimum atomic E-state index is -0.727. The topological polar surface area (TPSA) is 85.6 Å². The van der Waals surface area contributed by atoms with Crippen molar-refractivity contribution in [3.63, 3.8) is 0 Å². The molecule has 0 bridgehead atoms. The molecule has 0 radical (unpaired) electrons. The maximum atomic E-state index is 12.9. The van der Waals surface area contributed by atoms with E-state index in [0.29, 0.717) is 27.5 Å². The zero-order valence-corrected chi connectivity index (χ0v) is 18.9. The molecule has 1 aliphatic carbocycles. The van der Waals surface area contributed by atoms with Gasteiger partial charge in [0.1, 0.15) is 16.1 Å². The number of anilines is 1. The van der Waals surface area contributed by atoms with Gasteiger partial charge in [-0.05, 0) is 61.9 Å². The third-order valence-corrected chi connectivity index (χ3v) is 6.82. The van der Waals surface area contributed by atoms with E-state index < -0.39 is 17.5 Å². The molecule has 1 aromatic carbocycles. The quantitative estimate of drug-likeness (QED) is 0.403. The first-order valence-electron chi connectivity index (χ1n) is 9.73. The van der Waals surface area contributed by atoms with Crippen LogP contribution in [0.15, 0.2) is 37.9 Å². The number of halogens is 1. The van der Waals surface area contributed by atoms with Gasteiger partial charge in [0.05, 0.1) is 12.2 Å². The van der Waals surface area contributed by atoms with Crippen molar-refractivity contribution >= 4 is 55.1 Å². The molecule has 1 atom stereocenters. The first-order valence-corrected chi connectivity index (χ1v) is 11.3. The fourth-order valence-corrected chi connectivity index (χ4v) is 5.45. The van der Waals surface area contributed by atoms with Crippen LogP contribution in [0.4, 0.5) is 5.00 Å². The predicted octanol–water partition coefficient (Wildman–Crippen LogP) is 5.17. The van der Waals surface area contributed by atoms with Gasteiger partial charge < -0.3 is 14.5 Å². The zero-order valence-electron chi connectivity index (χ0n) is 16.5. The number of esters is 1. The maximum absolute atomic E-state index is 12.9. The van der Waals surface area contributed by atoms with Crippen molar-refractivity contribution in [1.82, 2.24) is 0 Å². The molecule has 0 aliphatic heterocycles. The van der Waals surface area contributed by atoms with Crippen LogP contribution in [0.1, 0.15) is 51.4 Å². The van der Waals surface area contributed by atoms with Gasteiger partial charge in [0.2, 0.25) is 0 Å². The highest BCUT2D eigenvalue weighted by molar-refractivity contribution is 9.10. The smallest absolute Gasteiger partial charge is 0.349 e. The Morgan fingerprint density at radius 2 is 2.13 bits per heavy atom. The second-order valence-corrected chi connectivity index (χ2v) is 9.38. The minimum Gasteiger partial charge on any atom is -0.462 e. The van der Waals surface area contributed by atoms with Gasteiger partial charge in [-0.3, -0.25) is 4.79 Å². The summed E-state index contributed by atoms with van der Waals surface area (Å²) in [7, 11) is 0. The van der Waals surface area contributed by atoms with E-state index >= 15 is 0 Å². The maximum Gasteiger partial charge on any atom is 0.349 e. The second kappa shape index (κ2) is 8.35. The highest BCUT2D eigenvalue weighted by atomic mass is 79.9. The van der Waals surface area contributed by atoms with Gasteiger partial charge in [-0.2, -0.15) is 0 Å². The molecule has 4 rings (SSSR count). The van der Waals surface area contributed by atoms with Gasteiger partial charge in [0.15, 0.2) is 0 Å². The number of rotatable bonds is 4. The first kappa shape index (κ1) is 20.8. The van der Waals surface area contributed by atoms with Crippen LogP contribution in [0.2, 0.25) is 0 Å². The Morgan fingerprint density at radius 3 is 2.90 bits per heavy atom. The first-order chi connectivity index (χ1) is 14.4. The average Bonchev–Trinajstić information content (AvgIpc) is 3.04. The summed E-state index contributed by atoms with van der Waals surface area (Å²) in [4.78, 5) is 39.0. The van der Waals surface area contributed by atoms with E-state index in [1.165, 1.54) is 17.4 Å². The molecule has 2 aromatic heterocycles. The van der Waals surface area contributed by atoms with Crippen molar-refractivity contribution in [1.29, 1.82) is 0 Å². The summed E-state index contributed by atoms with van der Waals surface area (Å²) >= 11 is 4.76. The van der Waals surface area contributed by atoms with Gasteiger partial charge in [-0.15, -0.1) is 11.3 Å². The van der Waals surface area contributed by atoms with Crippen LogP contribution in [0.5, 0.6) is 0 Å². The van der Waals surface area contributed by atoms with Crippen molar-refractivity contribution in [3.8, 4) is 0 Å². The number of hydrogen-bond acceptors (Lipinski definition) is 6. The number of carbonyl (C=O) groups is 2. The number of carbonyl (C=O) groups excluding carboxylic acids is 2. The molecule has 1 N–H and O–H groups in total. The highest BCUT2D eigenvalue weighted by Gasteiger charge is 2.29. The molecule has 0 fully saturated rings. The van der Waals surface area contributed by atoms with Crippen LogP contribution in [0.25, 0.3) is 11.0 Å². The lowest BCUT2D eigenvalue weighted by atomic mass is 9.88. The minimum absolute atomic E-state index is 0.116. The Hall–Kier alpha value is -2.45. The third kappa shape index (κ3) is 3.94. The van der Waals surface area contributed by atoms with Crippen molar-refractivity contribution in [2.75, 3.05) is 11.9 Å². The molecule has 0 spiro atoms. The predicted molar refractivity (Wildman–Crippen MR) is 120 cm³/mol. The SMILES string of the molecule is CCOC(=O)c1c(NC(=O)c2cc3cc(Br)ccc3oc2=O)sc2c1CC[C@@H](C)C2. The lowest BCUT2D eigenvalue weighted by Gasteiger charge is -2.18. The largest absolute Gasteiger partial charge is 0.462 e. The number of ether oxygens (including phenoxy) is 1. The highest BCUT2D eigenvalue weighted by Crippen LogP contribution is 2.40. The van der Waals surface area contributed by atoms with Gasteiger partial charge in [-0.25, -0.2) is 9.59 Å². The number of hydrogen-bond donors (Lipinski definition) is 1. The fourth-order valence-electron chi connectivity index (χ4n) is 3.68. The molecule has 6 nitrogen and oxygen atoms in total. The van der Waals surface area contributed by atoms with Crippen LogP contribution in [0.3, 0.4) is 0 Å². The van der Waals surface area contributed by atoms with Crippen LogP contribution >= 0.6 is 27.3 Å². The molecule has 0 saturated carbocycles. The number of thiophene rings is 1. The summed E-state index contributed by atoms with van der Waals surface area (Å²) in [5.41, 5.74) is 0.906. The Balaban J connectivity index is 1.73. The number of benzene rings is 1. The number of amides is 1. The Kier molecular flexibility index (Phi) is 5.79. The van der Waals surface area contributed by atoms with E-state index in [1.807, 2.05) is 0 Å². The Bertz CT molecular complexity index is 1210. The van der Waals surface area contributed by atoms with E-state index in [0.717, 1.165) is 34.2 Å². The monoisotopic (exact) mass is 489 g/mol. The third-order valence-electron chi connectivity index (χ3n) is 5.16. The van der Waals surface area contributed by atoms with E-state index in [1.54, 1.807) is 25.1 Å². The molecule has 156 valence electrons. The summed E-state index contributed by atoms with van der Waals surface area (Å²) in [6.07, 6.45) is 2.60. The molecule has 0 unspecified atom stereocenters. The van der Waals surface area contributed by atoms with Crippen LogP contribution in [-0.2, 0) is 17.6 Å². The average molecular weight is 490 g/mol. The molecule has 2 heterocycles. The van der Waals surface area contributed by atoms with Crippen molar-refractivity contribution < 1.29 is 18.7 Å². The van der Waals surface area contributed by atoms with E-state index in [2.05, 4.69) is 28.2 Å². The van der Waals surface area contributed by atoms with Gasteiger partial charge in [-0.1, -0.05) is 22.9 Å². The van der Waals surface area contributed by atoms with Crippen molar-refractivity contribution in [2.45, 2.75) is 33.1 Å². The van der Waals surface area contributed by atoms with Crippen LogP contribution in [0, 0.1) is 5.92 Å². The Morgan fingerprint density at radius 1 is 1.33 bits per heavy atom. The molecule has 8 heteroatoms. The number of fused-ring (bicyclic) bond motifs is 2. The van der Waals surface area contributed by atoms with Crippen molar-refractivity contribution in [3.05, 3.63) is 60.7 Å². The summed E-state index contributed by atoms with van der Waals surface area (Å²) in [6, 6.07) is 6.69. The molecular weight excluding hydrogens is 470 g/mol. The molecule has 1 amide bonds. The normalized spacial score (nSPS) is 15.6. The lowest BCUT2D eigenvalue weighted by molar-refractivity contribution is 0.0526. The summed E-state index contributed by atoms with van der Waals surface area (Å²) in [6.45, 7) is 4.16. The molecule has 0 saturated heterocycles. The lowest BCUT2D eigenvalue weighted by Crippen LogP contribution is -2.21. The van der Waals surface area contributed by atoms with Crippen LogP contribution < -0.4 is 10.9 Å².